The number of aromatic hydroxyl groups is 1. The summed E-state index contributed by atoms with van der Waals surface area (Å²) in [5.41, 5.74) is 0.948. The summed E-state index contributed by atoms with van der Waals surface area (Å²) < 4.78 is 6.00. The Kier molecular flexibility index (Phi) is 8.60. The molecule has 4 nitrogen and oxygen atoms in total. The molecular weight excluding hydrogens is 393 g/mol. The largest absolute Gasteiger partial charge is 0.504 e. The summed E-state index contributed by atoms with van der Waals surface area (Å²) in [5, 5.41) is 12.6. The van der Waals surface area contributed by atoms with Crippen LogP contribution in [0.1, 0.15) is 51.5 Å². The number of phenols is 1. The van der Waals surface area contributed by atoms with E-state index in [1.807, 2.05) is 0 Å². The van der Waals surface area contributed by atoms with Gasteiger partial charge in [-0.15, -0.1) is 0 Å². The monoisotopic (exact) mass is 419 g/mol. The molecule has 0 aliphatic rings. The third-order valence-electron chi connectivity index (χ3n) is 3.51. The highest BCUT2D eigenvalue weighted by atomic mass is 127. The number of nitrogens with one attached hydrogen (secondary N) is 1. The van der Waals surface area contributed by atoms with Gasteiger partial charge < -0.3 is 15.2 Å². The smallest absolute Gasteiger partial charge is 0.220 e. The van der Waals surface area contributed by atoms with E-state index in [0.29, 0.717) is 18.7 Å². The molecule has 0 aromatic heterocycles. The molecule has 0 saturated heterocycles. The molecule has 0 aliphatic carbocycles. The predicted octanol–water partition coefficient (Wildman–Crippen LogP) is 4.23. The molecule has 5 heteroatoms. The summed E-state index contributed by atoms with van der Waals surface area (Å²) in [4.78, 5) is 11.9. The van der Waals surface area contributed by atoms with E-state index in [1.165, 1.54) is 20.0 Å². The van der Waals surface area contributed by atoms with Gasteiger partial charge in [-0.1, -0.05) is 33.1 Å². The number of benzene rings is 1. The molecule has 1 rings (SSSR count). The molecule has 0 aliphatic heterocycles. The van der Waals surface area contributed by atoms with Gasteiger partial charge >= 0.3 is 0 Å². The summed E-state index contributed by atoms with van der Waals surface area (Å²) in [6.07, 6.45) is 5.04. The second kappa shape index (κ2) is 9.92. The topological polar surface area (TPSA) is 58.6 Å². The SMILES string of the molecule is COc1cc(CNC(=O)CCCCCC(C)C)c(I)cc1O. The fourth-order valence-electron chi connectivity index (χ4n) is 2.18. The molecule has 1 aromatic carbocycles. The summed E-state index contributed by atoms with van der Waals surface area (Å²) in [6, 6.07) is 3.41. The number of unbranched alkanes of at least 4 members (excludes halogenated alkanes) is 2. The maximum absolute atomic E-state index is 11.9. The standard InChI is InChI=1S/C17H26INO3/c1-12(2)7-5-4-6-8-17(21)19-11-13-9-16(22-3)15(20)10-14(13)18/h9-10,12,20H,4-8,11H2,1-3H3,(H,19,21). The van der Waals surface area contributed by atoms with E-state index < -0.39 is 0 Å². The van der Waals surface area contributed by atoms with Crippen molar-refractivity contribution in [1.29, 1.82) is 0 Å². The fraction of sp³-hybridized carbons (Fsp3) is 0.588. The minimum absolute atomic E-state index is 0.0763. The number of phenolic OH excluding ortho intramolecular Hbond substituents is 1. The summed E-state index contributed by atoms with van der Waals surface area (Å²) >= 11 is 2.14. The lowest BCUT2D eigenvalue weighted by molar-refractivity contribution is -0.121. The molecule has 0 atom stereocenters. The lowest BCUT2D eigenvalue weighted by Crippen LogP contribution is -2.22. The van der Waals surface area contributed by atoms with Crippen LogP contribution in [0.2, 0.25) is 0 Å². The molecule has 0 fully saturated rings. The second-order valence-electron chi connectivity index (χ2n) is 5.89. The summed E-state index contributed by atoms with van der Waals surface area (Å²) in [7, 11) is 1.52. The van der Waals surface area contributed by atoms with E-state index in [-0.39, 0.29) is 11.7 Å². The van der Waals surface area contributed by atoms with Gasteiger partial charge in [0, 0.05) is 16.5 Å². The van der Waals surface area contributed by atoms with Gasteiger partial charge in [-0.25, -0.2) is 0 Å². The van der Waals surface area contributed by atoms with Crippen LogP contribution in [0.4, 0.5) is 0 Å². The Morgan fingerprint density at radius 1 is 1.32 bits per heavy atom. The summed E-state index contributed by atoms with van der Waals surface area (Å²) in [5.74, 6) is 1.36. The Morgan fingerprint density at radius 3 is 2.68 bits per heavy atom. The Balaban J connectivity index is 2.35. The third-order valence-corrected chi connectivity index (χ3v) is 4.51. The average Bonchev–Trinajstić information content (AvgIpc) is 2.45. The van der Waals surface area contributed by atoms with Crippen molar-refractivity contribution in [2.45, 2.75) is 52.5 Å². The molecule has 0 spiro atoms. The van der Waals surface area contributed by atoms with Crippen LogP contribution in [0.5, 0.6) is 11.5 Å². The van der Waals surface area contributed by atoms with E-state index in [9.17, 15) is 9.90 Å². The quantitative estimate of drug-likeness (QED) is 0.465. The van der Waals surface area contributed by atoms with E-state index in [2.05, 4.69) is 41.8 Å². The van der Waals surface area contributed by atoms with Crippen molar-refractivity contribution in [2.75, 3.05) is 7.11 Å². The molecule has 1 aromatic rings. The second-order valence-corrected chi connectivity index (χ2v) is 7.05. The van der Waals surface area contributed by atoms with Crippen LogP contribution in [0.3, 0.4) is 0 Å². The van der Waals surface area contributed by atoms with Crippen LogP contribution < -0.4 is 10.1 Å². The van der Waals surface area contributed by atoms with Crippen molar-refractivity contribution < 1.29 is 14.6 Å². The highest BCUT2D eigenvalue weighted by molar-refractivity contribution is 14.1. The molecular formula is C17H26INO3. The first kappa shape index (κ1) is 19.1. The van der Waals surface area contributed by atoms with E-state index >= 15 is 0 Å². The third kappa shape index (κ3) is 6.85. The van der Waals surface area contributed by atoms with Crippen molar-refractivity contribution in [3.05, 3.63) is 21.3 Å². The number of hydrogen-bond donors (Lipinski definition) is 2. The molecule has 0 saturated carbocycles. The predicted molar refractivity (Wildman–Crippen MR) is 97.1 cm³/mol. The number of carbonyl (C=O) groups is 1. The van der Waals surface area contributed by atoms with E-state index in [4.69, 9.17) is 4.74 Å². The minimum atomic E-state index is 0.0763. The van der Waals surface area contributed by atoms with Crippen molar-refractivity contribution in [1.82, 2.24) is 5.32 Å². The molecule has 0 heterocycles. The van der Waals surface area contributed by atoms with Gasteiger partial charge in [0.05, 0.1) is 7.11 Å². The van der Waals surface area contributed by atoms with Crippen LogP contribution in [-0.2, 0) is 11.3 Å². The molecule has 0 radical (unpaired) electrons. The number of methoxy groups -OCH3 is 1. The van der Waals surface area contributed by atoms with Crippen molar-refractivity contribution in [2.24, 2.45) is 5.92 Å². The van der Waals surface area contributed by atoms with Crippen molar-refractivity contribution in [3.63, 3.8) is 0 Å². The number of rotatable bonds is 9. The van der Waals surface area contributed by atoms with Gasteiger partial charge in [-0.2, -0.15) is 0 Å². The van der Waals surface area contributed by atoms with Gasteiger partial charge in [0.2, 0.25) is 5.91 Å². The van der Waals surface area contributed by atoms with Crippen molar-refractivity contribution in [3.8, 4) is 11.5 Å². The molecule has 22 heavy (non-hydrogen) atoms. The fourth-order valence-corrected chi connectivity index (χ4v) is 2.82. The molecule has 124 valence electrons. The van der Waals surface area contributed by atoms with Gasteiger partial charge in [0.15, 0.2) is 11.5 Å². The Labute approximate surface area is 146 Å². The zero-order valence-electron chi connectivity index (χ0n) is 13.6. The lowest BCUT2D eigenvalue weighted by atomic mass is 10.0. The van der Waals surface area contributed by atoms with Gasteiger partial charge in [0.1, 0.15) is 0 Å². The maximum Gasteiger partial charge on any atom is 0.220 e. The average molecular weight is 419 g/mol. The highest BCUT2D eigenvalue weighted by Crippen LogP contribution is 2.30. The lowest BCUT2D eigenvalue weighted by Gasteiger charge is -2.11. The molecule has 0 bridgehead atoms. The summed E-state index contributed by atoms with van der Waals surface area (Å²) in [6.45, 7) is 4.90. The van der Waals surface area contributed by atoms with Crippen molar-refractivity contribution >= 4 is 28.5 Å². The van der Waals surface area contributed by atoms with E-state index in [0.717, 1.165) is 27.9 Å². The van der Waals surface area contributed by atoms with Crippen LogP contribution in [-0.4, -0.2) is 18.1 Å². The molecule has 2 N–H and O–H groups in total. The Bertz CT molecular complexity index is 489. The van der Waals surface area contributed by atoms with Crippen LogP contribution in [0, 0.1) is 9.49 Å². The molecule has 0 unspecified atom stereocenters. The maximum atomic E-state index is 11.9. The number of hydrogen-bond acceptors (Lipinski definition) is 3. The van der Waals surface area contributed by atoms with Crippen LogP contribution >= 0.6 is 22.6 Å². The van der Waals surface area contributed by atoms with Gasteiger partial charge in [-0.3, -0.25) is 4.79 Å². The first-order chi connectivity index (χ1) is 10.4. The Hall–Kier alpha value is -0.980. The van der Waals surface area contributed by atoms with Gasteiger partial charge in [0.25, 0.3) is 0 Å². The zero-order valence-corrected chi connectivity index (χ0v) is 15.8. The number of amides is 1. The van der Waals surface area contributed by atoms with Gasteiger partial charge in [-0.05, 0) is 52.6 Å². The minimum Gasteiger partial charge on any atom is -0.504 e. The molecule has 1 amide bonds. The zero-order chi connectivity index (χ0) is 16.5. The van der Waals surface area contributed by atoms with Crippen LogP contribution in [0.25, 0.3) is 0 Å². The van der Waals surface area contributed by atoms with Crippen LogP contribution in [0.15, 0.2) is 12.1 Å². The number of ether oxygens (including phenoxy) is 1. The normalized spacial score (nSPS) is 10.8. The van der Waals surface area contributed by atoms with E-state index in [1.54, 1.807) is 12.1 Å². The first-order valence-electron chi connectivity index (χ1n) is 7.76. The number of carbonyl (C=O) groups excluding carboxylic acids is 1. The first-order valence-corrected chi connectivity index (χ1v) is 8.84. The highest BCUT2D eigenvalue weighted by Gasteiger charge is 2.09. The number of halogens is 1. The Morgan fingerprint density at radius 2 is 2.05 bits per heavy atom.